The first-order valence-electron chi connectivity index (χ1n) is 7.07. The van der Waals surface area contributed by atoms with Crippen molar-refractivity contribution in [3.05, 3.63) is 30.5 Å². The molecule has 0 fully saturated rings. The molecule has 0 bridgehead atoms. The smallest absolute Gasteiger partial charge is 0.277 e. The predicted molar refractivity (Wildman–Crippen MR) is 85.6 cm³/mol. The maximum atomic E-state index is 11.6. The van der Waals surface area contributed by atoms with E-state index in [4.69, 9.17) is 4.42 Å². The summed E-state index contributed by atoms with van der Waals surface area (Å²) < 4.78 is 5.63. The van der Waals surface area contributed by atoms with E-state index in [1.807, 2.05) is 37.4 Å². The second kappa shape index (κ2) is 6.65. The maximum absolute atomic E-state index is 11.6. The number of aromatic nitrogens is 3. The van der Waals surface area contributed by atoms with Gasteiger partial charge in [0.15, 0.2) is 0 Å². The molecule has 0 aliphatic heterocycles. The highest BCUT2D eigenvalue weighted by molar-refractivity contribution is 7.99. The molecule has 0 saturated heterocycles. The SMILES string of the molecule is CCCNC(=O)CSc1nnc(-c2c[nH]c3ccccc23)o1. The average Bonchev–Trinajstić information content (AvgIpc) is 3.17. The normalized spacial score (nSPS) is 11.0. The van der Waals surface area contributed by atoms with Gasteiger partial charge in [-0.3, -0.25) is 4.79 Å². The van der Waals surface area contributed by atoms with Crippen LogP contribution < -0.4 is 5.32 Å². The van der Waals surface area contributed by atoms with Crippen LogP contribution in [0, 0.1) is 0 Å². The van der Waals surface area contributed by atoms with Crippen molar-refractivity contribution in [2.45, 2.75) is 18.6 Å². The average molecular weight is 316 g/mol. The number of para-hydroxylation sites is 1. The topological polar surface area (TPSA) is 83.8 Å². The predicted octanol–water partition coefficient (Wildman–Crippen LogP) is 2.84. The van der Waals surface area contributed by atoms with Gasteiger partial charge in [-0.2, -0.15) is 0 Å². The number of aromatic amines is 1. The van der Waals surface area contributed by atoms with Crippen molar-refractivity contribution in [3.8, 4) is 11.5 Å². The van der Waals surface area contributed by atoms with Crippen molar-refractivity contribution >= 4 is 28.6 Å². The Bertz CT molecular complexity index is 781. The quantitative estimate of drug-likeness (QED) is 0.683. The van der Waals surface area contributed by atoms with Gasteiger partial charge in [0.05, 0.1) is 11.3 Å². The summed E-state index contributed by atoms with van der Waals surface area (Å²) >= 11 is 1.24. The minimum Gasteiger partial charge on any atom is -0.411 e. The summed E-state index contributed by atoms with van der Waals surface area (Å²) in [4.78, 5) is 14.7. The molecule has 0 saturated carbocycles. The number of rotatable bonds is 6. The van der Waals surface area contributed by atoms with Gasteiger partial charge in [0, 0.05) is 23.6 Å². The van der Waals surface area contributed by atoms with E-state index in [9.17, 15) is 4.79 Å². The number of nitrogens with zero attached hydrogens (tertiary/aromatic N) is 2. The van der Waals surface area contributed by atoms with Gasteiger partial charge >= 0.3 is 0 Å². The molecule has 2 heterocycles. The molecule has 1 amide bonds. The third-order valence-electron chi connectivity index (χ3n) is 3.13. The monoisotopic (exact) mass is 316 g/mol. The molecule has 0 aliphatic rings. The lowest BCUT2D eigenvalue weighted by Gasteiger charge is -2.00. The zero-order chi connectivity index (χ0) is 15.4. The van der Waals surface area contributed by atoms with Crippen molar-refractivity contribution in [2.75, 3.05) is 12.3 Å². The van der Waals surface area contributed by atoms with E-state index in [0.29, 0.717) is 17.7 Å². The van der Waals surface area contributed by atoms with Gasteiger partial charge in [0.1, 0.15) is 0 Å². The molecular formula is C15H16N4O2S. The minimum absolute atomic E-state index is 0.0290. The van der Waals surface area contributed by atoms with Crippen molar-refractivity contribution in [2.24, 2.45) is 0 Å². The molecule has 3 aromatic rings. The molecule has 7 heteroatoms. The summed E-state index contributed by atoms with van der Waals surface area (Å²) in [7, 11) is 0. The van der Waals surface area contributed by atoms with Crippen LogP contribution in [0.15, 0.2) is 40.1 Å². The number of carbonyl (C=O) groups is 1. The first-order valence-corrected chi connectivity index (χ1v) is 8.06. The lowest BCUT2D eigenvalue weighted by Crippen LogP contribution is -2.25. The second-order valence-electron chi connectivity index (χ2n) is 4.76. The number of H-pyrrole nitrogens is 1. The number of hydrogen-bond donors (Lipinski definition) is 2. The molecule has 22 heavy (non-hydrogen) atoms. The number of benzene rings is 1. The van der Waals surface area contributed by atoms with E-state index in [-0.39, 0.29) is 11.7 Å². The fourth-order valence-electron chi connectivity index (χ4n) is 2.07. The van der Waals surface area contributed by atoms with Crippen LogP contribution in [0.25, 0.3) is 22.4 Å². The number of fused-ring (bicyclic) bond motifs is 1. The molecule has 1 aromatic carbocycles. The van der Waals surface area contributed by atoms with E-state index < -0.39 is 0 Å². The second-order valence-corrected chi connectivity index (χ2v) is 5.69. The van der Waals surface area contributed by atoms with Crippen LogP contribution in [0.3, 0.4) is 0 Å². The molecule has 0 radical (unpaired) electrons. The molecule has 0 aliphatic carbocycles. The van der Waals surface area contributed by atoms with Crippen LogP contribution in [0.5, 0.6) is 0 Å². The van der Waals surface area contributed by atoms with Crippen LogP contribution >= 0.6 is 11.8 Å². The Hall–Kier alpha value is -2.28. The lowest BCUT2D eigenvalue weighted by atomic mass is 10.2. The summed E-state index contributed by atoms with van der Waals surface area (Å²) in [6.07, 6.45) is 2.77. The summed E-state index contributed by atoms with van der Waals surface area (Å²) in [5, 5.41) is 12.3. The Labute approximate surface area is 131 Å². The van der Waals surface area contributed by atoms with Crippen LogP contribution in [-0.2, 0) is 4.79 Å². The number of hydrogen-bond acceptors (Lipinski definition) is 5. The first-order chi connectivity index (χ1) is 10.8. The number of thioether (sulfide) groups is 1. The zero-order valence-corrected chi connectivity index (χ0v) is 12.9. The molecule has 0 unspecified atom stereocenters. The van der Waals surface area contributed by atoms with Crippen molar-refractivity contribution in [1.82, 2.24) is 20.5 Å². The zero-order valence-electron chi connectivity index (χ0n) is 12.1. The Morgan fingerprint density at radius 2 is 2.23 bits per heavy atom. The third kappa shape index (κ3) is 3.14. The van der Waals surface area contributed by atoms with Gasteiger partial charge in [0.25, 0.3) is 11.1 Å². The van der Waals surface area contributed by atoms with E-state index in [2.05, 4.69) is 20.5 Å². The van der Waals surface area contributed by atoms with Crippen LogP contribution in [0.4, 0.5) is 0 Å². The van der Waals surface area contributed by atoms with Gasteiger partial charge in [-0.1, -0.05) is 36.9 Å². The maximum Gasteiger partial charge on any atom is 0.277 e. The molecular weight excluding hydrogens is 300 g/mol. The molecule has 2 N–H and O–H groups in total. The lowest BCUT2D eigenvalue weighted by molar-refractivity contribution is -0.118. The van der Waals surface area contributed by atoms with Crippen LogP contribution in [0.2, 0.25) is 0 Å². The van der Waals surface area contributed by atoms with Gasteiger partial charge in [-0.15, -0.1) is 10.2 Å². The molecule has 6 nitrogen and oxygen atoms in total. The Balaban J connectivity index is 1.70. The summed E-state index contributed by atoms with van der Waals surface area (Å²) in [6.45, 7) is 2.70. The van der Waals surface area contributed by atoms with E-state index in [0.717, 1.165) is 22.9 Å². The summed E-state index contributed by atoms with van der Waals surface area (Å²) in [5.74, 6) is 0.697. The van der Waals surface area contributed by atoms with Crippen molar-refractivity contribution < 1.29 is 9.21 Å². The van der Waals surface area contributed by atoms with Crippen molar-refractivity contribution in [1.29, 1.82) is 0 Å². The Kier molecular flexibility index (Phi) is 4.43. The van der Waals surface area contributed by atoms with Crippen LogP contribution in [0.1, 0.15) is 13.3 Å². The molecule has 114 valence electrons. The summed E-state index contributed by atoms with van der Waals surface area (Å²) in [5.41, 5.74) is 1.88. The number of amides is 1. The van der Waals surface area contributed by atoms with Gasteiger partial charge in [-0.25, -0.2) is 0 Å². The highest BCUT2D eigenvalue weighted by atomic mass is 32.2. The fourth-order valence-corrected chi connectivity index (χ4v) is 2.66. The molecule has 0 spiro atoms. The van der Waals surface area contributed by atoms with Gasteiger partial charge in [0.2, 0.25) is 5.91 Å². The fraction of sp³-hybridized carbons (Fsp3) is 0.267. The summed E-state index contributed by atoms with van der Waals surface area (Å²) in [6, 6.07) is 7.91. The van der Waals surface area contributed by atoms with E-state index in [1.165, 1.54) is 11.8 Å². The third-order valence-corrected chi connectivity index (χ3v) is 3.94. The molecule has 3 rings (SSSR count). The van der Waals surface area contributed by atoms with E-state index in [1.54, 1.807) is 0 Å². The highest BCUT2D eigenvalue weighted by Crippen LogP contribution is 2.29. The number of carbonyl (C=O) groups excluding carboxylic acids is 1. The van der Waals surface area contributed by atoms with Gasteiger partial charge in [-0.05, 0) is 12.5 Å². The largest absolute Gasteiger partial charge is 0.411 e. The minimum atomic E-state index is -0.0290. The Morgan fingerprint density at radius 1 is 1.36 bits per heavy atom. The van der Waals surface area contributed by atoms with Gasteiger partial charge < -0.3 is 14.7 Å². The molecule has 2 aromatic heterocycles. The highest BCUT2D eigenvalue weighted by Gasteiger charge is 2.14. The first kappa shape index (κ1) is 14.6. The Morgan fingerprint density at radius 3 is 3.09 bits per heavy atom. The standard InChI is InChI=1S/C15H16N4O2S/c1-2-7-16-13(20)9-22-15-19-18-14(21-15)11-8-17-12-6-4-3-5-10(11)12/h3-6,8,17H,2,7,9H2,1H3,(H,16,20). The number of nitrogens with one attached hydrogen (secondary N) is 2. The van der Waals surface area contributed by atoms with Crippen molar-refractivity contribution in [3.63, 3.8) is 0 Å². The molecule has 0 atom stereocenters. The van der Waals surface area contributed by atoms with E-state index >= 15 is 0 Å². The van der Waals surface area contributed by atoms with Crippen LogP contribution in [-0.4, -0.2) is 33.4 Å².